The molecule has 3 heteroatoms. The van der Waals surface area contributed by atoms with Crippen molar-refractivity contribution in [3.63, 3.8) is 0 Å². The normalized spacial score (nSPS) is 21.1. The molecule has 4 unspecified atom stereocenters. The van der Waals surface area contributed by atoms with Gasteiger partial charge in [0.2, 0.25) is 0 Å². The molecule has 7 aromatic carbocycles. The minimum Gasteiger partial charge on any atom is -0.344 e. The van der Waals surface area contributed by atoms with Crippen LogP contribution in [-0.4, -0.2) is 11.7 Å². The van der Waals surface area contributed by atoms with Crippen molar-refractivity contribution in [1.29, 1.82) is 0 Å². The molecule has 3 nitrogen and oxygen atoms in total. The second-order valence-corrected chi connectivity index (χ2v) is 16.8. The summed E-state index contributed by atoms with van der Waals surface area (Å²) in [5.41, 5.74) is 18.8. The molecule has 0 aromatic heterocycles. The van der Waals surface area contributed by atoms with Gasteiger partial charge >= 0.3 is 0 Å². The SMILES string of the molecule is CC1Cc2ccccc2C(c2ccc(C3=NC(c4cccc(-c5ccccc5)c4)NC(c4ccccc4)=N3)cc2)=C1c1ccc2c(c1)C1C=CC=CC1(C)c1ccccc1-2. The summed E-state index contributed by atoms with van der Waals surface area (Å²) >= 11 is 0. The maximum Gasteiger partial charge on any atom is 0.159 e. The fraction of sp³-hybridized carbons (Fsp3) is 0.123. The largest absolute Gasteiger partial charge is 0.344 e. The molecule has 0 radical (unpaired) electrons. The zero-order valence-corrected chi connectivity index (χ0v) is 33.9. The number of fused-ring (bicyclic) bond motifs is 7. The fourth-order valence-corrected chi connectivity index (χ4v) is 10.1. The summed E-state index contributed by atoms with van der Waals surface area (Å²) in [4.78, 5) is 10.4. The molecule has 1 heterocycles. The lowest BCUT2D eigenvalue weighted by atomic mass is 9.60. The van der Waals surface area contributed by atoms with E-state index >= 15 is 0 Å². The minimum absolute atomic E-state index is 0.0985. The molecule has 288 valence electrons. The molecule has 0 amide bonds. The molecule has 4 aliphatic rings. The van der Waals surface area contributed by atoms with Crippen LogP contribution < -0.4 is 5.32 Å². The van der Waals surface area contributed by atoms with E-state index in [1.165, 1.54) is 61.2 Å². The van der Waals surface area contributed by atoms with E-state index in [1.54, 1.807) is 0 Å². The Balaban J connectivity index is 1.02. The van der Waals surface area contributed by atoms with Crippen molar-refractivity contribution in [3.05, 3.63) is 250 Å². The number of nitrogens with zero attached hydrogens (tertiary/aromatic N) is 2. The first-order chi connectivity index (χ1) is 29.5. The van der Waals surface area contributed by atoms with Crippen LogP contribution in [0.25, 0.3) is 33.4 Å². The summed E-state index contributed by atoms with van der Waals surface area (Å²) in [6, 6.07) is 63.8. The van der Waals surface area contributed by atoms with E-state index in [1.807, 2.05) is 6.07 Å². The van der Waals surface area contributed by atoms with Crippen LogP contribution in [0.1, 0.15) is 76.0 Å². The highest BCUT2D eigenvalue weighted by molar-refractivity contribution is 6.13. The number of amidine groups is 2. The van der Waals surface area contributed by atoms with Crippen molar-refractivity contribution in [1.82, 2.24) is 5.32 Å². The van der Waals surface area contributed by atoms with Gasteiger partial charge in [-0.25, -0.2) is 9.98 Å². The summed E-state index contributed by atoms with van der Waals surface area (Å²) in [7, 11) is 0. The third kappa shape index (κ3) is 6.12. The molecule has 0 bridgehead atoms. The van der Waals surface area contributed by atoms with E-state index in [4.69, 9.17) is 9.98 Å². The molecule has 3 aliphatic carbocycles. The third-order valence-electron chi connectivity index (χ3n) is 13.1. The number of aliphatic imine (C=N–C) groups is 2. The zero-order valence-electron chi connectivity index (χ0n) is 33.9. The number of rotatable bonds is 6. The van der Waals surface area contributed by atoms with Crippen molar-refractivity contribution < 1.29 is 0 Å². The van der Waals surface area contributed by atoms with Crippen LogP contribution in [0, 0.1) is 5.92 Å². The van der Waals surface area contributed by atoms with Gasteiger partial charge in [0.15, 0.2) is 5.84 Å². The van der Waals surface area contributed by atoms with Crippen molar-refractivity contribution in [2.75, 3.05) is 0 Å². The summed E-state index contributed by atoms with van der Waals surface area (Å²) in [6.07, 6.45) is 9.96. The van der Waals surface area contributed by atoms with E-state index in [0.29, 0.717) is 11.8 Å². The summed E-state index contributed by atoms with van der Waals surface area (Å²) in [5, 5.41) is 3.66. The van der Waals surface area contributed by atoms with Crippen LogP contribution in [0.5, 0.6) is 0 Å². The molecule has 7 aromatic rings. The monoisotopic (exact) mass is 771 g/mol. The molecule has 1 aliphatic heterocycles. The van der Waals surface area contributed by atoms with Crippen LogP contribution in [0.2, 0.25) is 0 Å². The average molecular weight is 772 g/mol. The average Bonchev–Trinajstić information content (AvgIpc) is 3.31. The Morgan fingerprint density at radius 1 is 0.567 bits per heavy atom. The first-order valence-electron chi connectivity index (χ1n) is 21.2. The molecule has 1 N–H and O–H groups in total. The molecule has 0 spiro atoms. The van der Waals surface area contributed by atoms with Gasteiger partial charge in [-0.05, 0) is 90.7 Å². The molecule has 60 heavy (non-hydrogen) atoms. The Morgan fingerprint density at radius 2 is 1.25 bits per heavy atom. The Morgan fingerprint density at radius 3 is 2.07 bits per heavy atom. The van der Waals surface area contributed by atoms with Gasteiger partial charge in [0.25, 0.3) is 0 Å². The van der Waals surface area contributed by atoms with E-state index in [9.17, 15) is 0 Å². The van der Waals surface area contributed by atoms with Crippen molar-refractivity contribution in [2.24, 2.45) is 15.9 Å². The van der Waals surface area contributed by atoms with Gasteiger partial charge in [0, 0.05) is 22.5 Å². The van der Waals surface area contributed by atoms with Gasteiger partial charge in [0.1, 0.15) is 12.0 Å². The number of allylic oxidation sites excluding steroid dienone is 5. The van der Waals surface area contributed by atoms with Gasteiger partial charge in [-0.1, -0.05) is 208 Å². The van der Waals surface area contributed by atoms with Gasteiger partial charge in [-0.15, -0.1) is 0 Å². The smallest absolute Gasteiger partial charge is 0.159 e. The lowest BCUT2D eigenvalue weighted by molar-refractivity contribution is 0.519. The van der Waals surface area contributed by atoms with E-state index in [-0.39, 0.29) is 17.5 Å². The van der Waals surface area contributed by atoms with E-state index in [0.717, 1.165) is 34.5 Å². The summed E-state index contributed by atoms with van der Waals surface area (Å²) in [6.45, 7) is 4.81. The summed E-state index contributed by atoms with van der Waals surface area (Å²) in [5.74, 6) is 2.12. The highest BCUT2D eigenvalue weighted by Crippen LogP contribution is 2.54. The zero-order chi connectivity index (χ0) is 40.2. The number of hydrogen-bond donors (Lipinski definition) is 1. The van der Waals surface area contributed by atoms with Crippen molar-refractivity contribution in [2.45, 2.75) is 37.8 Å². The lowest BCUT2D eigenvalue weighted by Gasteiger charge is -2.43. The second kappa shape index (κ2) is 14.6. The molecule has 4 atom stereocenters. The number of nitrogens with one attached hydrogen (secondary N) is 1. The molecular formula is C57H45N3. The number of hydrogen-bond acceptors (Lipinski definition) is 3. The van der Waals surface area contributed by atoms with Crippen LogP contribution in [0.4, 0.5) is 0 Å². The fourth-order valence-electron chi connectivity index (χ4n) is 10.1. The second-order valence-electron chi connectivity index (χ2n) is 16.8. The molecule has 0 saturated heterocycles. The van der Waals surface area contributed by atoms with Crippen molar-refractivity contribution in [3.8, 4) is 22.3 Å². The summed E-state index contributed by atoms with van der Waals surface area (Å²) < 4.78 is 0. The maximum absolute atomic E-state index is 5.28. The van der Waals surface area contributed by atoms with Crippen LogP contribution in [0.15, 0.2) is 210 Å². The third-order valence-corrected chi connectivity index (χ3v) is 13.1. The first kappa shape index (κ1) is 36.0. The van der Waals surface area contributed by atoms with Crippen LogP contribution in [-0.2, 0) is 11.8 Å². The highest BCUT2D eigenvalue weighted by atomic mass is 15.2. The van der Waals surface area contributed by atoms with Crippen LogP contribution >= 0.6 is 0 Å². The lowest BCUT2D eigenvalue weighted by Crippen LogP contribution is -2.33. The van der Waals surface area contributed by atoms with Gasteiger partial charge in [-0.3, -0.25) is 0 Å². The first-order valence-corrected chi connectivity index (χ1v) is 21.2. The predicted molar refractivity (Wildman–Crippen MR) is 249 cm³/mol. The Bertz CT molecular complexity index is 2950. The molecule has 0 saturated carbocycles. The molecular weight excluding hydrogens is 727 g/mol. The minimum atomic E-state index is -0.302. The van der Waals surface area contributed by atoms with E-state index < -0.39 is 0 Å². The van der Waals surface area contributed by atoms with Crippen molar-refractivity contribution >= 4 is 22.8 Å². The highest BCUT2D eigenvalue weighted by Gasteiger charge is 2.41. The topological polar surface area (TPSA) is 36.8 Å². The van der Waals surface area contributed by atoms with Crippen LogP contribution in [0.3, 0.4) is 0 Å². The standard InChI is InChI=1S/C57H45N3/c1-37-34-43-20-9-10-23-46(43)53(52(37)44-31-32-47-48-24-11-12-25-50(48)57(2)33-14-13-26-51(57)49(47)36-44)39-27-29-41(30-28-39)55-58-54(40-18-7-4-8-19-40)59-56(60-55)45-22-15-21-42(35-45)38-16-5-3-6-17-38/h3-33,35-37,51,56H,34H2,1-2H3,(H,58,59,60). The number of benzene rings is 7. The molecule has 0 fully saturated rings. The maximum atomic E-state index is 5.28. The Hall–Kier alpha value is -7.10. The van der Waals surface area contributed by atoms with Gasteiger partial charge in [0.05, 0.1) is 0 Å². The molecule has 11 rings (SSSR count). The predicted octanol–water partition coefficient (Wildman–Crippen LogP) is 13.1. The van der Waals surface area contributed by atoms with Gasteiger partial charge in [-0.2, -0.15) is 0 Å². The quantitative estimate of drug-likeness (QED) is 0.180. The van der Waals surface area contributed by atoms with Gasteiger partial charge < -0.3 is 5.32 Å². The Kier molecular flexibility index (Phi) is 8.78. The van der Waals surface area contributed by atoms with E-state index in [2.05, 4.69) is 213 Å². The Labute approximate surface area is 352 Å².